The van der Waals surface area contributed by atoms with Gasteiger partial charge in [-0.05, 0) is 86.2 Å². The lowest BCUT2D eigenvalue weighted by Crippen LogP contribution is -2.42. The van der Waals surface area contributed by atoms with E-state index in [4.69, 9.17) is 27.9 Å². The van der Waals surface area contributed by atoms with Crippen LogP contribution in [-0.2, 0) is 30.8 Å². The number of amides is 1. The predicted molar refractivity (Wildman–Crippen MR) is 157 cm³/mol. The number of aliphatic carboxylic acids is 1. The quantitative estimate of drug-likeness (QED) is 0.284. The van der Waals surface area contributed by atoms with E-state index in [0.29, 0.717) is 52.6 Å². The van der Waals surface area contributed by atoms with E-state index >= 15 is 0 Å². The molecule has 1 saturated heterocycles. The number of rotatable bonds is 8. The fraction of sp³-hybridized carbons (Fsp3) is 0.355. The Balaban J connectivity index is 1.41. The number of nitrogens with zero attached hydrogens (tertiary/aromatic N) is 1. The molecule has 1 aliphatic carbocycles. The topological polar surface area (TPSA) is 101 Å². The Morgan fingerprint density at radius 1 is 0.929 bits per heavy atom. The second-order valence-electron chi connectivity index (χ2n) is 10.9. The van der Waals surface area contributed by atoms with Gasteiger partial charge in [0.05, 0.1) is 10.8 Å². The van der Waals surface area contributed by atoms with Crippen LogP contribution in [0.25, 0.3) is 0 Å². The zero-order valence-electron chi connectivity index (χ0n) is 22.6. The molecule has 0 radical (unpaired) electrons. The van der Waals surface area contributed by atoms with E-state index < -0.39 is 32.3 Å². The van der Waals surface area contributed by atoms with Crippen LogP contribution in [0, 0.1) is 17.7 Å². The smallest absolute Gasteiger partial charge is 0.306 e. The first-order valence-corrected chi connectivity index (χ1v) is 15.9. The molecular weight excluding hydrogens is 604 g/mol. The summed E-state index contributed by atoms with van der Waals surface area (Å²) >= 11 is 12.5. The van der Waals surface area contributed by atoms with E-state index in [1.807, 2.05) is 0 Å². The Hall–Kier alpha value is -3.14. The third-order valence-electron chi connectivity index (χ3n) is 8.43. The normalized spacial score (nSPS) is 22.6. The largest absolute Gasteiger partial charge is 0.489 e. The maximum atomic E-state index is 14.2. The van der Waals surface area contributed by atoms with E-state index in [9.17, 15) is 27.5 Å². The molecule has 1 aliphatic heterocycles. The van der Waals surface area contributed by atoms with Gasteiger partial charge in [-0.15, -0.1) is 0 Å². The second kappa shape index (κ2) is 12.2. The summed E-state index contributed by atoms with van der Waals surface area (Å²) in [5.41, 5.74) is 1.11. The van der Waals surface area contributed by atoms with Gasteiger partial charge in [0.25, 0.3) is 0 Å². The van der Waals surface area contributed by atoms with Crippen molar-refractivity contribution in [2.24, 2.45) is 11.8 Å². The molecule has 2 fully saturated rings. The maximum Gasteiger partial charge on any atom is 0.306 e. The lowest BCUT2D eigenvalue weighted by molar-refractivity contribution is -0.145. The second-order valence-corrected chi connectivity index (χ2v) is 13.9. The van der Waals surface area contributed by atoms with Crippen LogP contribution >= 0.6 is 23.2 Å². The van der Waals surface area contributed by atoms with Gasteiger partial charge < -0.3 is 14.7 Å². The molecule has 7 nitrogen and oxygen atoms in total. The molecule has 1 heterocycles. The van der Waals surface area contributed by atoms with Gasteiger partial charge in [0.1, 0.15) is 22.9 Å². The molecule has 1 amide bonds. The molecular formula is C31H30Cl2FNO6S. The van der Waals surface area contributed by atoms with Gasteiger partial charge >= 0.3 is 5.97 Å². The van der Waals surface area contributed by atoms with Gasteiger partial charge in [-0.1, -0.05) is 41.4 Å². The van der Waals surface area contributed by atoms with Crippen LogP contribution in [-0.4, -0.2) is 43.4 Å². The summed E-state index contributed by atoms with van der Waals surface area (Å²) in [5.74, 6) is -1.90. The number of hydrogen-bond donors (Lipinski definition) is 1. The van der Waals surface area contributed by atoms with Crippen LogP contribution in [0.5, 0.6) is 5.75 Å². The van der Waals surface area contributed by atoms with Crippen molar-refractivity contribution in [1.82, 2.24) is 4.90 Å². The zero-order chi connectivity index (χ0) is 30.1. The third kappa shape index (κ3) is 5.87. The highest BCUT2D eigenvalue weighted by Crippen LogP contribution is 2.45. The van der Waals surface area contributed by atoms with Crippen LogP contribution in [0.15, 0.2) is 71.6 Å². The first-order chi connectivity index (χ1) is 20.0. The highest BCUT2D eigenvalue weighted by atomic mass is 35.5. The molecule has 0 aromatic heterocycles. The first kappa shape index (κ1) is 30.3. The third-order valence-corrected chi connectivity index (χ3v) is 11.6. The molecule has 222 valence electrons. The number of ether oxygens (including phenoxy) is 1. The van der Waals surface area contributed by atoms with Crippen molar-refractivity contribution in [2.75, 3.05) is 13.1 Å². The molecule has 1 atom stereocenters. The average Bonchev–Trinajstić information content (AvgIpc) is 3.45. The molecule has 0 spiro atoms. The number of carbonyl (C=O) groups is 2. The fourth-order valence-corrected chi connectivity index (χ4v) is 8.53. The van der Waals surface area contributed by atoms with Crippen molar-refractivity contribution in [2.45, 2.75) is 48.4 Å². The van der Waals surface area contributed by atoms with Crippen LogP contribution in [0.1, 0.15) is 43.2 Å². The summed E-state index contributed by atoms with van der Waals surface area (Å²) in [4.78, 5) is 26.4. The number of sulfone groups is 1. The van der Waals surface area contributed by atoms with Crippen molar-refractivity contribution in [1.29, 1.82) is 0 Å². The van der Waals surface area contributed by atoms with Gasteiger partial charge in [0.15, 0.2) is 9.84 Å². The van der Waals surface area contributed by atoms with Crippen LogP contribution in [0.2, 0.25) is 10.0 Å². The predicted octanol–water partition coefficient (Wildman–Crippen LogP) is 6.50. The molecule has 3 aromatic rings. The highest BCUT2D eigenvalue weighted by Gasteiger charge is 2.52. The van der Waals surface area contributed by atoms with Crippen LogP contribution in [0.4, 0.5) is 4.39 Å². The molecule has 1 saturated carbocycles. The van der Waals surface area contributed by atoms with E-state index in [-0.39, 0.29) is 42.8 Å². The standard InChI is InChI=1S/C31H30Cl2FNO6S/c32-27-2-1-3-28(33)26(27)18-41-24-12-8-22(9-13-24)31(42(39,40)25-14-10-23(34)11-15-25)16-17-35(19-31)29(36)20-4-6-21(7-5-20)30(37)38/h1-3,8-15,20-21H,4-7,16-19H2,(H,37,38)/t20?,21?,31-/m0/s1. The number of benzene rings is 3. The minimum Gasteiger partial charge on any atom is -0.489 e. The highest BCUT2D eigenvalue weighted by molar-refractivity contribution is 7.92. The Bertz CT molecular complexity index is 1550. The maximum absolute atomic E-state index is 14.2. The summed E-state index contributed by atoms with van der Waals surface area (Å²) < 4.78 is 46.5. The van der Waals surface area contributed by atoms with Crippen molar-refractivity contribution >= 4 is 44.9 Å². The Kier molecular flexibility index (Phi) is 8.83. The lowest BCUT2D eigenvalue weighted by atomic mass is 9.81. The molecule has 3 aromatic carbocycles. The number of carbonyl (C=O) groups excluding carboxylic acids is 1. The van der Waals surface area contributed by atoms with Crippen molar-refractivity contribution in [3.63, 3.8) is 0 Å². The number of halogens is 3. The molecule has 11 heteroatoms. The zero-order valence-corrected chi connectivity index (χ0v) is 25.0. The summed E-state index contributed by atoms with van der Waals surface area (Å²) in [6, 6.07) is 16.6. The molecule has 0 unspecified atom stereocenters. The van der Waals surface area contributed by atoms with Gasteiger partial charge in [-0.25, -0.2) is 12.8 Å². The Labute approximate surface area is 254 Å². The molecule has 42 heavy (non-hydrogen) atoms. The molecule has 2 aliphatic rings. The summed E-state index contributed by atoms with van der Waals surface area (Å²) in [6.07, 6.45) is 1.88. The van der Waals surface area contributed by atoms with Crippen molar-refractivity contribution in [3.8, 4) is 5.75 Å². The SMILES string of the molecule is O=C(O)C1CCC(C(=O)N2CC[C@](c3ccc(OCc4c(Cl)cccc4Cl)cc3)(S(=O)(=O)c3ccc(F)cc3)C2)CC1. The number of carboxylic acids is 1. The van der Waals surface area contributed by atoms with Crippen LogP contribution < -0.4 is 4.74 Å². The molecule has 0 bridgehead atoms. The summed E-state index contributed by atoms with van der Waals surface area (Å²) in [7, 11) is -4.08. The molecule has 1 N–H and O–H groups in total. The monoisotopic (exact) mass is 633 g/mol. The average molecular weight is 635 g/mol. The first-order valence-electron chi connectivity index (χ1n) is 13.7. The van der Waals surface area contributed by atoms with Gasteiger partial charge in [0, 0.05) is 34.6 Å². The minimum atomic E-state index is -4.08. The summed E-state index contributed by atoms with van der Waals surface area (Å²) in [6.45, 7) is 0.268. The van der Waals surface area contributed by atoms with E-state index in [0.717, 1.165) is 12.1 Å². The Morgan fingerprint density at radius 2 is 1.52 bits per heavy atom. The fourth-order valence-electron chi connectivity index (χ4n) is 5.95. The van der Waals surface area contributed by atoms with E-state index in [1.54, 1.807) is 47.4 Å². The number of carboxylic acid groups (broad SMARTS) is 1. The minimum absolute atomic E-state index is 0.0335. The Morgan fingerprint density at radius 3 is 2.12 bits per heavy atom. The van der Waals surface area contributed by atoms with E-state index in [1.165, 1.54) is 12.1 Å². The number of hydrogen-bond acceptors (Lipinski definition) is 5. The van der Waals surface area contributed by atoms with E-state index in [2.05, 4.69) is 0 Å². The molecule has 5 rings (SSSR count). The van der Waals surface area contributed by atoms with Crippen molar-refractivity contribution in [3.05, 3.63) is 93.7 Å². The van der Waals surface area contributed by atoms with Gasteiger partial charge in [0.2, 0.25) is 5.91 Å². The van der Waals surface area contributed by atoms with Gasteiger partial charge in [-0.3, -0.25) is 9.59 Å². The lowest BCUT2D eigenvalue weighted by Gasteiger charge is -2.32. The van der Waals surface area contributed by atoms with Crippen molar-refractivity contribution < 1.29 is 32.2 Å². The van der Waals surface area contributed by atoms with Crippen LogP contribution in [0.3, 0.4) is 0 Å². The van der Waals surface area contributed by atoms with Gasteiger partial charge in [-0.2, -0.15) is 0 Å². The number of likely N-dealkylation sites (tertiary alicyclic amines) is 1. The summed E-state index contributed by atoms with van der Waals surface area (Å²) in [5, 5.41) is 10.2.